The smallest absolute Gasteiger partial charge is 0.341 e. The fourth-order valence-corrected chi connectivity index (χ4v) is 6.13. The van der Waals surface area contributed by atoms with E-state index in [1.54, 1.807) is 12.1 Å². The summed E-state index contributed by atoms with van der Waals surface area (Å²) in [5.41, 5.74) is 0.823. The number of carbonyl (C=O) groups excluding carboxylic acids is 4. The number of hydrogen-bond donors (Lipinski definition) is 2. The highest BCUT2D eigenvalue weighted by Crippen LogP contribution is 2.38. The summed E-state index contributed by atoms with van der Waals surface area (Å²) in [4.78, 5) is 53.8. The van der Waals surface area contributed by atoms with Crippen molar-refractivity contribution in [3.05, 3.63) is 51.9 Å². The lowest BCUT2D eigenvalue weighted by molar-refractivity contribution is -0.134. The van der Waals surface area contributed by atoms with E-state index in [2.05, 4.69) is 10.6 Å². The average molecular weight is 484 g/mol. The zero-order chi connectivity index (χ0) is 24.3. The van der Waals surface area contributed by atoms with Crippen LogP contribution < -0.4 is 10.6 Å². The summed E-state index contributed by atoms with van der Waals surface area (Å²) in [6.45, 7) is 1.50. The van der Waals surface area contributed by atoms with Crippen molar-refractivity contribution in [3.63, 3.8) is 0 Å². The number of hydrogen-bond acceptors (Lipinski definition) is 6. The summed E-state index contributed by atoms with van der Waals surface area (Å²) in [6.07, 6.45) is 5.80. The van der Waals surface area contributed by atoms with Gasteiger partial charge in [-0.1, -0.05) is 50.1 Å². The Balaban J connectivity index is 1.56. The van der Waals surface area contributed by atoms with E-state index in [0.29, 0.717) is 29.0 Å². The lowest BCUT2D eigenvalue weighted by Crippen LogP contribution is -2.44. The SMILES string of the molecule is CCCC1(c2ccccc2)NC(=O)N(CC(=O)Nc2sc3c(c2C(=O)OC)CCCCC3)C1=O. The van der Waals surface area contributed by atoms with Gasteiger partial charge in [0.25, 0.3) is 5.91 Å². The maximum absolute atomic E-state index is 13.4. The van der Waals surface area contributed by atoms with Crippen LogP contribution in [-0.4, -0.2) is 42.4 Å². The Labute approximate surface area is 202 Å². The molecule has 0 bridgehead atoms. The number of amides is 4. The molecule has 1 unspecified atom stereocenters. The number of imide groups is 1. The van der Waals surface area contributed by atoms with Crippen molar-refractivity contribution in [1.29, 1.82) is 0 Å². The Bertz CT molecular complexity index is 1110. The zero-order valence-electron chi connectivity index (χ0n) is 19.4. The number of esters is 1. The van der Waals surface area contributed by atoms with Crippen LogP contribution in [0.15, 0.2) is 30.3 Å². The highest BCUT2D eigenvalue weighted by molar-refractivity contribution is 7.17. The Morgan fingerprint density at radius 2 is 1.88 bits per heavy atom. The van der Waals surface area contributed by atoms with Gasteiger partial charge in [-0.15, -0.1) is 11.3 Å². The molecule has 0 spiro atoms. The maximum Gasteiger partial charge on any atom is 0.341 e. The monoisotopic (exact) mass is 483 g/mol. The fourth-order valence-electron chi connectivity index (χ4n) is 4.84. The maximum atomic E-state index is 13.4. The highest BCUT2D eigenvalue weighted by Gasteiger charge is 2.52. The van der Waals surface area contributed by atoms with Gasteiger partial charge in [0.1, 0.15) is 17.1 Å². The summed E-state index contributed by atoms with van der Waals surface area (Å²) < 4.78 is 4.98. The summed E-state index contributed by atoms with van der Waals surface area (Å²) >= 11 is 1.37. The summed E-state index contributed by atoms with van der Waals surface area (Å²) in [5.74, 6) is -1.47. The third kappa shape index (κ3) is 4.32. The second-order valence-electron chi connectivity index (χ2n) is 8.65. The molecule has 2 aliphatic rings. The second-order valence-corrected chi connectivity index (χ2v) is 9.76. The Kier molecular flexibility index (Phi) is 7.02. The average Bonchev–Trinajstić information content (AvgIpc) is 3.16. The van der Waals surface area contributed by atoms with Gasteiger partial charge in [0.2, 0.25) is 5.91 Å². The molecule has 1 aliphatic carbocycles. The van der Waals surface area contributed by atoms with Crippen LogP contribution in [0.4, 0.5) is 9.80 Å². The van der Waals surface area contributed by atoms with Crippen LogP contribution in [-0.2, 0) is 32.7 Å². The van der Waals surface area contributed by atoms with Gasteiger partial charge in [0.05, 0.1) is 12.7 Å². The number of benzene rings is 1. The van der Waals surface area contributed by atoms with Crippen LogP contribution in [0.3, 0.4) is 0 Å². The van der Waals surface area contributed by atoms with Crippen LogP contribution in [0, 0.1) is 0 Å². The molecule has 1 fully saturated rings. The van der Waals surface area contributed by atoms with Gasteiger partial charge in [-0.2, -0.15) is 0 Å². The molecule has 2 aromatic rings. The molecule has 180 valence electrons. The van der Waals surface area contributed by atoms with E-state index in [1.165, 1.54) is 18.4 Å². The third-order valence-corrected chi connectivity index (χ3v) is 7.64. The minimum absolute atomic E-state index is 0.388. The summed E-state index contributed by atoms with van der Waals surface area (Å²) in [5, 5.41) is 6.02. The number of nitrogens with zero attached hydrogens (tertiary/aromatic N) is 1. The lowest BCUT2D eigenvalue weighted by Gasteiger charge is -2.26. The van der Waals surface area contributed by atoms with Crippen molar-refractivity contribution in [2.24, 2.45) is 0 Å². The number of aryl methyl sites for hydroxylation is 1. The Hall–Kier alpha value is -3.20. The van der Waals surface area contributed by atoms with E-state index in [0.717, 1.165) is 47.4 Å². The largest absolute Gasteiger partial charge is 0.465 e. The highest BCUT2D eigenvalue weighted by atomic mass is 32.1. The summed E-state index contributed by atoms with van der Waals surface area (Å²) in [7, 11) is 1.32. The van der Waals surface area contributed by atoms with Gasteiger partial charge < -0.3 is 15.4 Å². The number of carbonyl (C=O) groups is 4. The molecule has 4 amide bonds. The van der Waals surface area contributed by atoms with E-state index in [1.807, 2.05) is 25.1 Å². The molecule has 34 heavy (non-hydrogen) atoms. The van der Waals surface area contributed by atoms with Crippen molar-refractivity contribution in [3.8, 4) is 0 Å². The fraction of sp³-hybridized carbons (Fsp3) is 0.440. The molecule has 2 N–H and O–H groups in total. The first-order valence-corrected chi connectivity index (χ1v) is 12.4. The second kappa shape index (κ2) is 9.97. The number of thiophene rings is 1. The molecule has 2 heterocycles. The standard InChI is InChI=1S/C25H29N3O5S/c1-3-14-25(16-10-6-4-7-11-16)23(31)28(24(32)27-25)15-19(29)26-21-20(22(30)33-2)17-12-8-5-9-13-18(17)34-21/h4,6-7,10-11H,3,5,8-9,12-15H2,1-2H3,(H,26,29)(H,27,32). The molecule has 9 heteroatoms. The third-order valence-electron chi connectivity index (χ3n) is 6.43. The predicted molar refractivity (Wildman–Crippen MR) is 129 cm³/mol. The molecule has 1 aromatic carbocycles. The first-order valence-electron chi connectivity index (χ1n) is 11.6. The number of rotatable bonds is 7. The number of methoxy groups -OCH3 is 1. The molecule has 1 aliphatic heterocycles. The lowest BCUT2D eigenvalue weighted by atomic mass is 9.85. The Morgan fingerprint density at radius 3 is 2.59 bits per heavy atom. The van der Waals surface area contributed by atoms with Crippen LogP contribution in [0.2, 0.25) is 0 Å². The Morgan fingerprint density at radius 1 is 1.15 bits per heavy atom. The van der Waals surface area contributed by atoms with Crippen LogP contribution in [0.25, 0.3) is 0 Å². The van der Waals surface area contributed by atoms with E-state index >= 15 is 0 Å². The minimum atomic E-state index is -1.19. The van der Waals surface area contributed by atoms with Crippen molar-refractivity contribution in [2.75, 3.05) is 19.0 Å². The van der Waals surface area contributed by atoms with Crippen LogP contribution in [0.1, 0.15) is 65.4 Å². The number of nitrogens with one attached hydrogen (secondary N) is 2. The quantitative estimate of drug-likeness (QED) is 0.352. The molecular weight excluding hydrogens is 454 g/mol. The van der Waals surface area contributed by atoms with E-state index < -0.39 is 35.9 Å². The number of ether oxygens (including phenoxy) is 1. The van der Waals surface area contributed by atoms with Gasteiger partial charge in [-0.25, -0.2) is 9.59 Å². The summed E-state index contributed by atoms with van der Waals surface area (Å²) in [6, 6.07) is 8.48. The zero-order valence-corrected chi connectivity index (χ0v) is 20.3. The molecular formula is C25H29N3O5S. The number of fused-ring (bicyclic) bond motifs is 1. The number of anilines is 1. The molecule has 1 atom stereocenters. The first kappa shape index (κ1) is 23.9. The van der Waals surface area contributed by atoms with E-state index in [4.69, 9.17) is 4.74 Å². The molecule has 0 saturated carbocycles. The predicted octanol–water partition coefficient (Wildman–Crippen LogP) is 3.99. The van der Waals surface area contributed by atoms with Crippen molar-refractivity contribution >= 4 is 40.2 Å². The van der Waals surface area contributed by atoms with Crippen molar-refractivity contribution in [2.45, 2.75) is 57.4 Å². The van der Waals surface area contributed by atoms with Crippen molar-refractivity contribution in [1.82, 2.24) is 10.2 Å². The normalized spacial score (nSPS) is 19.9. The van der Waals surface area contributed by atoms with Crippen molar-refractivity contribution < 1.29 is 23.9 Å². The van der Waals surface area contributed by atoms with E-state index in [-0.39, 0.29) is 0 Å². The van der Waals surface area contributed by atoms with Gasteiger partial charge in [0, 0.05) is 4.88 Å². The van der Waals surface area contributed by atoms with E-state index in [9.17, 15) is 19.2 Å². The molecule has 4 rings (SSSR count). The van der Waals surface area contributed by atoms with Gasteiger partial charge in [-0.3, -0.25) is 14.5 Å². The molecule has 0 radical (unpaired) electrons. The van der Waals surface area contributed by atoms with Crippen LogP contribution in [0.5, 0.6) is 0 Å². The van der Waals surface area contributed by atoms with Crippen LogP contribution >= 0.6 is 11.3 Å². The molecule has 1 aromatic heterocycles. The van der Waals surface area contributed by atoms with Gasteiger partial charge in [-0.05, 0) is 43.2 Å². The molecule has 1 saturated heterocycles. The van der Waals surface area contributed by atoms with Gasteiger partial charge in [0.15, 0.2) is 0 Å². The van der Waals surface area contributed by atoms with Gasteiger partial charge >= 0.3 is 12.0 Å². The molecule has 8 nitrogen and oxygen atoms in total. The first-order chi connectivity index (χ1) is 16.4. The topological polar surface area (TPSA) is 105 Å². The number of urea groups is 1. The minimum Gasteiger partial charge on any atom is -0.465 e.